The summed E-state index contributed by atoms with van der Waals surface area (Å²) in [5, 5.41) is 24.1. The molecule has 0 aliphatic heterocycles. The van der Waals surface area contributed by atoms with Crippen LogP contribution in [0, 0.1) is 21.4 Å². The minimum Gasteiger partial charge on any atom is -0.290 e. The standard InChI is InChI=1S/C18H10Cl2N6O3/c19-13-6-7-14(26(28)29)15(20)12(13)9-22-25-18-23-16(10-4-2-1-3-5-10)11(8-21)17(27)24-18/h1-7,9H,(H2,23,24,25,27). The van der Waals surface area contributed by atoms with Crippen LogP contribution in [0.3, 0.4) is 0 Å². The summed E-state index contributed by atoms with van der Waals surface area (Å²) in [6.45, 7) is 0. The zero-order valence-electron chi connectivity index (χ0n) is 14.4. The predicted molar refractivity (Wildman–Crippen MR) is 109 cm³/mol. The maximum Gasteiger partial charge on any atom is 0.288 e. The Morgan fingerprint density at radius 1 is 1.24 bits per heavy atom. The first-order valence-corrected chi connectivity index (χ1v) is 8.69. The third kappa shape index (κ3) is 4.24. The van der Waals surface area contributed by atoms with Gasteiger partial charge in [0.2, 0.25) is 5.95 Å². The Bertz CT molecular complexity index is 1220. The monoisotopic (exact) mass is 428 g/mol. The molecule has 2 aromatic carbocycles. The van der Waals surface area contributed by atoms with Crippen LogP contribution in [0.2, 0.25) is 10.0 Å². The van der Waals surface area contributed by atoms with Crippen molar-refractivity contribution in [1.82, 2.24) is 9.97 Å². The number of aromatic amines is 1. The number of nitro groups is 1. The van der Waals surface area contributed by atoms with Crippen LogP contribution in [-0.4, -0.2) is 21.1 Å². The fourth-order valence-corrected chi connectivity index (χ4v) is 2.95. The summed E-state index contributed by atoms with van der Waals surface area (Å²) in [7, 11) is 0. The van der Waals surface area contributed by atoms with Crippen LogP contribution in [0.4, 0.5) is 11.6 Å². The number of hydrogen-bond acceptors (Lipinski definition) is 7. The van der Waals surface area contributed by atoms with Gasteiger partial charge in [-0.1, -0.05) is 53.5 Å². The fraction of sp³-hybridized carbons (Fsp3) is 0. The Morgan fingerprint density at radius 3 is 2.62 bits per heavy atom. The lowest BCUT2D eigenvalue weighted by Crippen LogP contribution is -2.16. The Balaban J connectivity index is 1.96. The lowest BCUT2D eigenvalue weighted by Gasteiger charge is -2.06. The van der Waals surface area contributed by atoms with E-state index in [-0.39, 0.29) is 38.5 Å². The van der Waals surface area contributed by atoms with Gasteiger partial charge in [0.1, 0.15) is 16.7 Å². The molecule has 0 amide bonds. The Labute approximate surface area is 173 Å². The van der Waals surface area contributed by atoms with Crippen LogP contribution >= 0.6 is 23.2 Å². The highest BCUT2D eigenvalue weighted by molar-refractivity contribution is 6.40. The topological polar surface area (TPSA) is 137 Å². The van der Waals surface area contributed by atoms with Gasteiger partial charge in [-0.25, -0.2) is 10.4 Å². The van der Waals surface area contributed by atoms with Gasteiger partial charge in [0.15, 0.2) is 0 Å². The lowest BCUT2D eigenvalue weighted by atomic mass is 10.1. The second-order valence-electron chi connectivity index (χ2n) is 5.54. The van der Waals surface area contributed by atoms with Crippen LogP contribution in [0.5, 0.6) is 0 Å². The molecule has 0 aliphatic carbocycles. The normalized spacial score (nSPS) is 10.7. The van der Waals surface area contributed by atoms with Crippen LogP contribution in [-0.2, 0) is 0 Å². The third-order valence-corrected chi connectivity index (χ3v) is 4.47. The van der Waals surface area contributed by atoms with E-state index in [2.05, 4.69) is 20.5 Å². The van der Waals surface area contributed by atoms with Crippen LogP contribution in [0.15, 0.2) is 52.4 Å². The fourth-order valence-electron chi connectivity index (χ4n) is 2.41. The number of nitriles is 1. The molecule has 0 bridgehead atoms. The van der Waals surface area contributed by atoms with Crippen molar-refractivity contribution in [3.8, 4) is 17.3 Å². The number of nitrogens with zero attached hydrogens (tertiary/aromatic N) is 4. The zero-order chi connectivity index (χ0) is 21.0. The second kappa shape index (κ2) is 8.52. The number of hydrogen-bond donors (Lipinski definition) is 2. The van der Waals surface area contributed by atoms with Gasteiger partial charge < -0.3 is 0 Å². The molecule has 0 aliphatic rings. The maximum atomic E-state index is 12.2. The summed E-state index contributed by atoms with van der Waals surface area (Å²) in [6.07, 6.45) is 1.16. The van der Waals surface area contributed by atoms with E-state index < -0.39 is 10.5 Å². The van der Waals surface area contributed by atoms with Gasteiger partial charge in [-0.05, 0) is 6.07 Å². The maximum absolute atomic E-state index is 12.2. The first-order valence-electron chi connectivity index (χ1n) is 7.93. The highest BCUT2D eigenvalue weighted by atomic mass is 35.5. The first-order chi connectivity index (χ1) is 13.9. The van der Waals surface area contributed by atoms with Gasteiger partial charge in [-0.2, -0.15) is 10.4 Å². The molecule has 0 saturated carbocycles. The van der Waals surface area contributed by atoms with Crippen molar-refractivity contribution < 1.29 is 4.92 Å². The van der Waals surface area contributed by atoms with E-state index in [9.17, 15) is 20.2 Å². The summed E-state index contributed by atoms with van der Waals surface area (Å²) < 4.78 is 0. The van der Waals surface area contributed by atoms with Gasteiger partial charge in [-0.15, -0.1) is 0 Å². The van der Waals surface area contributed by atoms with E-state index in [1.807, 2.05) is 6.07 Å². The number of halogens is 2. The number of aromatic nitrogens is 2. The molecule has 29 heavy (non-hydrogen) atoms. The lowest BCUT2D eigenvalue weighted by molar-refractivity contribution is -0.384. The number of benzene rings is 2. The van der Waals surface area contributed by atoms with Gasteiger partial charge >= 0.3 is 0 Å². The van der Waals surface area contributed by atoms with E-state index in [1.54, 1.807) is 30.3 Å². The number of rotatable bonds is 5. The molecule has 3 aromatic rings. The average molecular weight is 429 g/mol. The minimum atomic E-state index is -0.648. The first kappa shape index (κ1) is 20.0. The molecule has 0 spiro atoms. The van der Waals surface area contributed by atoms with E-state index in [1.165, 1.54) is 12.1 Å². The summed E-state index contributed by atoms with van der Waals surface area (Å²) in [5.74, 6) is -0.0400. The third-order valence-electron chi connectivity index (χ3n) is 3.75. The van der Waals surface area contributed by atoms with E-state index >= 15 is 0 Å². The van der Waals surface area contributed by atoms with E-state index in [0.29, 0.717) is 5.56 Å². The van der Waals surface area contributed by atoms with Crippen molar-refractivity contribution in [3.05, 3.63) is 84.1 Å². The quantitative estimate of drug-likeness (QED) is 0.358. The van der Waals surface area contributed by atoms with Crippen molar-refractivity contribution in [2.75, 3.05) is 5.43 Å². The molecule has 1 aromatic heterocycles. The highest BCUT2D eigenvalue weighted by Gasteiger charge is 2.17. The van der Waals surface area contributed by atoms with Gasteiger partial charge in [-0.3, -0.25) is 19.9 Å². The van der Waals surface area contributed by atoms with Crippen LogP contribution < -0.4 is 11.0 Å². The molecule has 0 saturated heterocycles. The molecule has 0 unspecified atom stereocenters. The molecule has 2 N–H and O–H groups in total. The Kier molecular flexibility index (Phi) is 5.87. The van der Waals surface area contributed by atoms with Crippen molar-refractivity contribution in [2.45, 2.75) is 0 Å². The summed E-state index contributed by atoms with van der Waals surface area (Å²) in [4.78, 5) is 29.2. The number of hydrazone groups is 1. The Morgan fingerprint density at radius 2 is 1.97 bits per heavy atom. The zero-order valence-corrected chi connectivity index (χ0v) is 15.9. The van der Waals surface area contributed by atoms with E-state index in [4.69, 9.17) is 23.2 Å². The number of H-pyrrole nitrogens is 1. The van der Waals surface area contributed by atoms with Crippen molar-refractivity contribution in [3.63, 3.8) is 0 Å². The van der Waals surface area contributed by atoms with E-state index in [0.717, 1.165) is 6.21 Å². The summed E-state index contributed by atoms with van der Waals surface area (Å²) in [5.41, 5.74) is 2.27. The largest absolute Gasteiger partial charge is 0.290 e. The number of nitro benzene ring substituents is 1. The Hall–Kier alpha value is -3.74. The van der Waals surface area contributed by atoms with Gasteiger partial charge in [0.25, 0.3) is 11.2 Å². The smallest absolute Gasteiger partial charge is 0.288 e. The molecule has 144 valence electrons. The van der Waals surface area contributed by atoms with Crippen LogP contribution in [0.25, 0.3) is 11.3 Å². The van der Waals surface area contributed by atoms with Crippen molar-refractivity contribution >= 4 is 41.1 Å². The minimum absolute atomic E-state index is 0.0400. The molecule has 9 nitrogen and oxygen atoms in total. The molecular weight excluding hydrogens is 419 g/mol. The molecule has 1 heterocycles. The molecular formula is C18H10Cl2N6O3. The molecule has 0 fully saturated rings. The van der Waals surface area contributed by atoms with Crippen LogP contribution in [0.1, 0.15) is 11.1 Å². The average Bonchev–Trinajstić information content (AvgIpc) is 2.70. The molecule has 0 radical (unpaired) electrons. The van der Waals surface area contributed by atoms with Crippen molar-refractivity contribution in [1.29, 1.82) is 5.26 Å². The second-order valence-corrected chi connectivity index (χ2v) is 6.32. The molecule has 3 rings (SSSR count). The summed E-state index contributed by atoms with van der Waals surface area (Å²) >= 11 is 12.0. The molecule has 11 heteroatoms. The molecule has 0 atom stereocenters. The highest BCUT2D eigenvalue weighted by Crippen LogP contribution is 2.31. The number of anilines is 1. The summed E-state index contributed by atoms with van der Waals surface area (Å²) in [6, 6.07) is 13.0. The predicted octanol–water partition coefficient (Wildman–Crippen LogP) is 3.97. The SMILES string of the molecule is N#Cc1c(-c2ccccc2)nc(NN=Cc2c(Cl)ccc([N+](=O)[O-])c2Cl)[nH]c1=O. The van der Waals surface area contributed by atoms with Crippen molar-refractivity contribution in [2.24, 2.45) is 5.10 Å². The van der Waals surface area contributed by atoms with Gasteiger partial charge in [0.05, 0.1) is 21.9 Å². The number of nitrogens with one attached hydrogen (secondary N) is 2. The van der Waals surface area contributed by atoms with Gasteiger partial charge in [0, 0.05) is 17.2 Å².